The molecule has 63 heavy (non-hydrogen) atoms. The molecule has 1 N–H and O–H groups in total. The van der Waals surface area contributed by atoms with Crippen molar-refractivity contribution in [2.24, 2.45) is 0 Å². The van der Waals surface area contributed by atoms with Crippen LogP contribution in [0.15, 0.2) is 243 Å². The number of anilines is 3. The number of nitrogens with one attached hydrogen (secondary N) is 1. The number of para-hydroxylation sites is 4. The summed E-state index contributed by atoms with van der Waals surface area (Å²) in [5, 5.41) is 4.94. The number of fused-ring (bicyclic) bond motifs is 6. The standard InChI is InChI=1S/C60H41N3/c1-4-14-41(15-5-1)43-26-33-48(34-27-43)62(49-35-28-44(29-36-49)42-16-6-2-7-17-42)50-37-30-45(31-38-50)51-21-12-23-55-56-24-13-22-52(60(56)61-59(51)55)46-32-39-54-53-20-10-11-25-57(53)63(58(54)40-46)47-18-8-3-9-19-47/h1-40,61H. The molecule has 2 aromatic heterocycles. The lowest BCUT2D eigenvalue weighted by molar-refractivity contribution is 1.18. The van der Waals surface area contributed by atoms with Crippen LogP contribution in [0.1, 0.15) is 0 Å². The highest BCUT2D eigenvalue weighted by atomic mass is 15.1. The van der Waals surface area contributed by atoms with E-state index >= 15 is 0 Å². The summed E-state index contributed by atoms with van der Waals surface area (Å²) in [5.41, 5.74) is 18.6. The molecule has 12 rings (SSSR count). The molecule has 0 amide bonds. The van der Waals surface area contributed by atoms with Gasteiger partial charge in [0.25, 0.3) is 0 Å². The van der Waals surface area contributed by atoms with E-state index in [1.54, 1.807) is 0 Å². The summed E-state index contributed by atoms with van der Waals surface area (Å²) in [4.78, 5) is 6.29. The lowest BCUT2D eigenvalue weighted by Crippen LogP contribution is -2.09. The van der Waals surface area contributed by atoms with Crippen molar-refractivity contribution in [1.82, 2.24) is 9.55 Å². The van der Waals surface area contributed by atoms with Crippen LogP contribution in [0.25, 0.3) is 93.8 Å². The average molecular weight is 804 g/mol. The third-order valence-electron chi connectivity index (χ3n) is 12.6. The highest BCUT2D eigenvalue weighted by Gasteiger charge is 2.18. The van der Waals surface area contributed by atoms with Gasteiger partial charge in [-0.3, -0.25) is 0 Å². The molecule has 296 valence electrons. The van der Waals surface area contributed by atoms with Gasteiger partial charge in [-0.05, 0) is 94.0 Å². The summed E-state index contributed by atoms with van der Waals surface area (Å²) in [5.74, 6) is 0. The number of aromatic nitrogens is 2. The molecule has 0 bridgehead atoms. The first kappa shape index (κ1) is 36.5. The molecule has 0 atom stereocenters. The summed E-state index contributed by atoms with van der Waals surface area (Å²) in [6.07, 6.45) is 0. The fraction of sp³-hybridized carbons (Fsp3) is 0. The van der Waals surface area contributed by atoms with E-state index in [1.807, 2.05) is 0 Å². The highest BCUT2D eigenvalue weighted by molar-refractivity contribution is 6.16. The van der Waals surface area contributed by atoms with Gasteiger partial charge in [-0.2, -0.15) is 0 Å². The predicted octanol–water partition coefficient (Wildman–Crippen LogP) is 16.6. The van der Waals surface area contributed by atoms with Crippen molar-refractivity contribution in [1.29, 1.82) is 0 Å². The summed E-state index contributed by atoms with van der Waals surface area (Å²) < 4.78 is 2.39. The van der Waals surface area contributed by atoms with Gasteiger partial charge in [0, 0.05) is 55.4 Å². The second kappa shape index (κ2) is 15.3. The Kier molecular flexibility index (Phi) is 8.83. The monoisotopic (exact) mass is 803 g/mol. The van der Waals surface area contributed by atoms with Crippen molar-refractivity contribution in [2.75, 3.05) is 4.90 Å². The van der Waals surface area contributed by atoms with Crippen LogP contribution in [0.2, 0.25) is 0 Å². The van der Waals surface area contributed by atoms with Gasteiger partial charge in [-0.15, -0.1) is 0 Å². The first-order valence-corrected chi connectivity index (χ1v) is 21.6. The Balaban J connectivity index is 0.938. The van der Waals surface area contributed by atoms with Gasteiger partial charge in [0.05, 0.1) is 22.1 Å². The van der Waals surface area contributed by atoms with Crippen LogP contribution < -0.4 is 4.90 Å². The number of H-pyrrole nitrogens is 1. The number of benzene rings is 10. The zero-order valence-corrected chi connectivity index (χ0v) is 34.5. The number of nitrogens with zero attached hydrogens (tertiary/aromatic N) is 2. The van der Waals surface area contributed by atoms with E-state index in [0.29, 0.717) is 0 Å². The zero-order valence-electron chi connectivity index (χ0n) is 34.5. The maximum atomic E-state index is 3.94. The lowest BCUT2D eigenvalue weighted by atomic mass is 9.99. The third kappa shape index (κ3) is 6.38. The smallest absolute Gasteiger partial charge is 0.0547 e. The molecular formula is C60H41N3. The van der Waals surface area contributed by atoms with E-state index in [4.69, 9.17) is 0 Å². The maximum absolute atomic E-state index is 3.94. The summed E-state index contributed by atoms with van der Waals surface area (Å²) in [6, 6.07) is 87.6. The van der Waals surface area contributed by atoms with Crippen LogP contribution in [-0.4, -0.2) is 9.55 Å². The Labute approximate surface area is 366 Å². The molecule has 3 heteroatoms. The number of hydrogen-bond acceptors (Lipinski definition) is 1. The summed E-state index contributed by atoms with van der Waals surface area (Å²) in [7, 11) is 0. The molecule has 2 heterocycles. The molecule has 0 saturated carbocycles. The molecule has 12 aromatic rings. The van der Waals surface area contributed by atoms with Gasteiger partial charge < -0.3 is 14.5 Å². The number of hydrogen-bond donors (Lipinski definition) is 1. The molecule has 10 aromatic carbocycles. The quantitative estimate of drug-likeness (QED) is 0.163. The maximum Gasteiger partial charge on any atom is 0.0547 e. The molecule has 0 aliphatic heterocycles. The Hall–Kier alpha value is -8.40. The van der Waals surface area contributed by atoms with Crippen LogP contribution in [0, 0.1) is 0 Å². The van der Waals surface area contributed by atoms with E-state index in [-0.39, 0.29) is 0 Å². The van der Waals surface area contributed by atoms with Crippen molar-refractivity contribution >= 4 is 60.7 Å². The van der Waals surface area contributed by atoms with Gasteiger partial charge in [0.2, 0.25) is 0 Å². The number of rotatable bonds is 8. The Morgan fingerprint density at radius 3 is 1.25 bits per heavy atom. The largest absolute Gasteiger partial charge is 0.353 e. The fourth-order valence-electron chi connectivity index (χ4n) is 9.53. The van der Waals surface area contributed by atoms with Gasteiger partial charge in [0.1, 0.15) is 0 Å². The molecular weight excluding hydrogens is 763 g/mol. The average Bonchev–Trinajstić information content (AvgIpc) is 3.91. The predicted molar refractivity (Wildman–Crippen MR) is 267 cm³/mol. The van der Waals surface area contributed by atoms with Gasteiger partial charge in [-0.25, -0.2) is 0 Å². The van der Waals surface area contributed by atoms with Crippen LogP contribution in [0.5, 0.6) is 0 Å². The second-order valence-electron chi connectivity index (χ2n) is 16.2. The van der Waals surface area contributed by atoms with Gasteiger partial charge in [0.15, 0.2) is 0 Å². The van der Waals surface area contributed by atoms with E-state index in [9.17, 15) is 0 Å². The SMILES string of the molecule is c1ccc(-c2ccc(N(c3ccc(-c4ccccc4)cc3)c3ccc(-c4cccc5c4[nH]c4c(-c6ccc7c8ccccc8n(-c8ccccc8)c7c6)cccc45)cc3)cc2)cc1. The van der Waals surface area contributed by atoms with E-state index in [0.717, 1.165) is 39.3 Å². The molecule has 0 spiro atoms. The molecule has 0 aliphatic rings. The second-order valence-corrected chi connectivity index (χ2v) is 16.2. The molecule has 0 aliphatic carbocycles. The molecule has 0 fully saturated rings. The van der Waals surface area contributed by atoms with Crippen LogP contribution in [0.4, 0.5) is 17.1 Å². The van der Waals surface area contributed by atoms with Crippen LogP contribution >= 0.6 is 0 Å². The molecule has 0 saturated heterocycles. The van der Waals surface area contributed by atoms with Crippen molar-refractivity contribution in [2.45, 2.75) is 0 Å². The van der Waals surface area contributed by atoms with E-state index in [1.165, 1.54) is 71.5 Å². The third-order valence-corrected chi connectivity index (χ3v) is 12.6. The highest BCUT2D eigenvalue weighted by Crippen LogP contribution is 2.42. The summed E-state index contributed by atoms with van der Waals surface area (Å²) in [6.45, 7) is 0. The molecule has 0 radical (unpaired) electrons. The van der Waals surface area contributed by atoms with Crippen molar-refractivity contribution in [3.63, 3.8) is 0 Å². The zero-order chi connectivity index (χ0) is 41.7. The van der Waals surface area contributed by atoms with E-state index in [2.05, 4.69) is 257 Å². The minimum Gasteiger partial charge on any atom is -0.353 e. The normalized spacial score (nSPS) is 11.5. The lowest BCUT2D eigenvalue weighted by Gasteiger charge is -2.26. The van der Waals surface area contributed by atoms with Crippen molar-refractivity contribution < 1.29 is 0 Å². The van der Waals surface area contributed by atoms with Gasteiger partial charge >= 0.3 is 0 Å². The molecule has 3 nitrogen and oxygen atoms in total. The summed E-state index contributed by atoms with van der Waals surface area (Å²) >= 11 is 0. The minimum atomic E-state index is 1.09. The van der Waals surface area contributed by atoms with Gasteiger partial charge in [-0.1, -0.05) is 182 Å². The Morgan fingerprint density at radius 1 is 0.286 bits per heavy atom. The fourth-order valence-corrected chi connectivity index (χ4v) is 9.53. The topological polar surface area (TPSA) is 24.0 Å². The number of aromatic amines is 1. The molecule has 0 unspecified atom stereocenters. The van der Waals surface area contributed by atoms with Crippen molar-refractivity contribution in [3.8, 4) is 50.2 Å². The minimum absolute atomic E-state index is 1.09. The van der Waals surface area contributed by atoms with E-state index < -0.39 is 0 Å². The Bertz CT molecular complexity index is 3480. The van der Waals surface area contributed by atoms with Crippen LogP contribution in [0.3, 0.4) is 0 Å². The van der Waals surface area contributed by atoms with Crippen molar-refractivity contribution in [3.05, 3.63) is 243 Å². The first-order valence-electron chi connectivity index (χ1n) is 21.6. The first-order chi connectivity index (χ1) is 31.2. The Morgan fingerprint density at radius 2 is 0.698 bits per heavy atom. The van der Waals surface area contributed by atoms with Crippen LogP contribution in [-0.2, 0) is 0 Å².